The van der Waals surface area contributed by atoms with Crippen molar-refractivity contribution in [1.29, 1.82) is 0 Å². The molecule has 1 aromatic carbocycles. The molecule has 0 fully saturated rings. The number of rotatable bonds is 5. The summed E-state index contributed by atoms with van der Waals surface area (Å²) in [6.07, 6.45) is 2.04. The zero-order valence-electron chi connectivity index (χ0n) is 10.3. The van der Waals surface area contributed by atoms with Gasteiger partial charge in [-0.05, 0) is 37.8 Å². The summed E-state index contributed by atoms with van der Waals surface area (Å²) in [5.41, 5.74) is 7.80. The quantitative estimate of drug-likeness (QED) is 0.704. The molecule has 94 valence electrons. The maximum atomic E-state index is 11.0. The molecule has 17 heavy (non-hydrogen) atoms. The van der Waals surface area contributed by atoms with Crippen molar-refractivity contribution in [3.8, 4) is 0 Å². The maximum Gasteiger partial charge on any atom is 0.337 e. The molecule has 5 heteroatoms. The predicted molar refractivity (Wildman–Crippen MR) is 74.0 cm³/mol. The fraction of sp³-hybridized carbons (Fsp3) is 0.417. The molecule has 1 rings (SSSR count). The summed E-state index contributed by atoms with van der Waals surface area (Å²) in [4.78, 5) is 11.0. The van der Waals surface area contributed by atoms with E-state index in [1.807, 2.05) is 19.2 Å². The number of thioether (sulfide) groups is 1. The zero-order valence-corrected chi connectivity index (χ0v) is 11.1. The van der Waals surface area contributed by atoms with Gasteiger partial charge in [-0.1, -0.05) is 0 Å². The van der Waals surface area contributed by atoms with E-state index in [1.54, 1.807) is 17.8 Å². The van der Waals surface area contributed by atoms with E-state index in [0.717, 1.165) is 17.0 Å². The Labute approximate surface area is 106 Å². The van der Waals surface area contributed by atoms with Gasteiger partial charge in [0.1, 0.15) is 0 Å². The Kier molecular flexibility index (Phi) is 4.69. The highest BCUT2D eigenvalue weighted by Gasteiger charge is 2.12. The van der Waals surface area contributed by atoms with Gasteiger partial charge >= 0.3 is 5.97 Å². The second-order valence-electron chi connectivity index (χ2n) is 4.06. The van der Waals surface area contributed by atoms with Gasteiger partial charge in [-0.15, -0.1) is 0 Å². The molecule has 0 aliphatic rings. The van der Waals surface area contributed by atoms with Crippen LogP contribution in [-0.4, -0.2) is 29.1 Å². The molecule has 0 bridgehead atoms. The molecule has 0 radical (unpaired) electrons. The average Bonchev–Trinajstić information content (AvgIpc) is 2.23. The van der Waals surface area contributed by atoms with Crippen LogP contribution >= 0.6 is 11.8 Å². The first-order valence-corrected chi connectivity index (χ1v) is 6.74. The van der Waals surface area contributed by atoms with Crippen LogP contribution in [0, 0.1) is 6.92 Å². The number of aryl methyl sites for hydroxylation is 1. The number of hydrogen-bond donors (Lipinski definition) is 3. The van der Waals surface area contributed by atoms with Crippen LogP contribution in [0.2, 0.25) is 0 Å². The Morgan fingerprint density at radius 2 is 2.24 bits per heavy atom. The Morgan fingerprint density at radius 3 is 2.76 bits per heavy atom. The lowest BCUT2D eigenvalue weighted by Gasteiger charge is -2.16. The summed E-state index contributed by atoms with van der Waals surface area (Å²) in [7, 11) is 0. The molecule has 1 atom stereocenters. The zero-order chi connectivity index (χ0) is 13.0. The fourth-order valence-corrected chi connectivity index (χ4v) is 2.22. The third-order valence-electron chi connectivity index (χ3n) is 2.45. The van der Waals surface area contributed by atoms with Crippen molar-refractivity contribution >= 4 is 29.1 Å². The lowest BCUT2D eigenvalue weighted by Crippen LogP contribution is -2.18. The van der Waals surface area contributed by atoms with Gasteiger partial charge in [-0.2, -0.15) is 11.8 Å². The van der Waals surface area contributed by atoms with Crippen LogP contribution in [0.25, 0.3) is 0 Å². The number of nitrogens with two attached hydrogens (primary N) is 1. The van der Waals surface area contributed by atoms with Gasteiger partial charge in [0.2, 0.25) is 0 Å². The highest BCUT2D eigenvalue weighted by atomic mass is 32.2. The summed E-state index contributed by atoms with van der Waals surface area (Å²) in [6.45, 7) is 3.87. The van der Waals surface area contributed by atoms with Crippen LogP contribution in [0.4, 0.5) is 11.4 Å². The summed E-state index contributed by atoms with van der Waals surface area (Å²) < 4.78 is 0. The molecule has 0 aliphatic carbocycles. The highest BCUT2D eigenvalue weighted by molar-refractivity contribution is 7.98. The van der Waals surface area contributed by atoms with Gasteiger partial charge < -0.3 is 16.2 Å². The maximum absolute atomic E-state index is 11.0. The van der Waals surface area contributed by atoms with E-state index in [-0.39, 0.29) is 11.6 Å². The van der Waals surface area contributed by atoms with Crippen molar-refractivity contribution in [2.24, 2.45) is 0 Å². The van der Waals surface area contributed by atoms with Crippen molar-refractivity contribution in [2.75, 3.05) is 23.1 Å². The van der Waals surface area contributed by atoms with Gasteiger partial charge in [-0.25, -0.2) is 4.79 Å². The van der Waals surface area contributed by atoms with E-state index in [0.29, 0.717) is 5.69 Å². The number of aromatic carboxylic acids is 1. The lowest BCUT2D eigenvalue weighted by molar-refractivity contribution is 0.0698. The minimum Gasteiger partial charge on any atom is -0.478 e. The number of carboxylic acids is 1. The second kappa shape index (κ2) is 5.82. The average molecular weight is 254 g/mol. The number of hydrogen-bond acceptors (Lipinski definition) is 4. The molecule has 0 heterocycles. The Hall–Kier alpha value is -1.36. The second-order valence-corrected chi connectivity index (χ2v) is 4.97. The Bertz CT molecular complexity index is 421. The summed E-state index contributed by atoms with van der Waals surface area (Å²) in [6, 6.07) is 3.75. The molecule has 0 amide bonds. The van der Waals surface area contributed by atoms with E-state index in [2.05, 4.69) is 12.2 Å². The molecular weight excluding hydrogens is 236 g/mol. The topological polar surface area (TPSA) is 75.3 Å². The van der Waals surface area contributed by atoms with Crippen molar-refractivity contribution in [3.63, 3.8) is 0 Å². The third kappa shape index (κ3) is 3.56. The monoisotopic (exact) mass is 254 g/mol. The smallest absolute Gasteiger partial charge is 0.337 e. The van der Waals surface area contributed by atoms with E-state index in [1.165, 1.54) is 0 Å². The number of carboxylic acid groups (broad SMARTS) is 1. The highest BCUT2D eigenvalue weighted by Crippen LogP contribution is 2.23. The molecule has 1 aromatic rings. The Balaban J connectivity index is 2.98. The van der Waals surface area contributed by atoms with Crippen LogP contribution in [0.1, 0.15) is 22.8 Å². The van der Waals surface area contributed by atoms with Gasteiger partial charge in [0.05, 0.1) is 5.56 Å². The summed E-state index contributed by atoms with van der Waals surface area (Å²) in [5, 5.41) is 12.3. The third-order valence-corrected chi connectivity index (χ3v) is 3.28. The molecular formula is C12H18N2O2S. The van der Waals surface area contributed by atoms with E-state index >= 15 is 0 Å². The number of anilines is 2. The van der Waals surface area contributed by atoms with Crippen LogP contribution in [0.15, 0.2) is 12.1 Å². The minimum absolute atomic E-state index is 0.156. The van der Waals surface area contributed by atoms with Crippen LogP contribution in [-0.2, 0) is 0 Å². The number of nitrogens with one attached hydrogen (secondary N) is 1. The van der Waals surface area contributed by atoms with Gasteiger partial charge in [-0.3, -0.25) is 0 Å². The van der Waals surface area contributed by atoms with Gasteiger partial charge in [0.15, 0.2) is 0 Å². The van der Waals surface area contributed by atoms with E-state index in [4.69, 9.17) is 10.8 Å². The minimum atomic E-state index is -0.994. The normalized spacial score (nSPS) is 12.2. The first-order valence-electron chi connectivity index (χ1n) is 5.34. The molecule has 4 N–H and O–H groups in total. The lowest BCUT2D eigenvalue weighted by atomic mass is 10.1. The van der Waals surface area contributed by atoms with Crippen molar-refractivity contribution in [2.45, 2.75) is 19.9 Å². The van der Waals surface area contributed by atoms with Gasteiger partial charge in [0, 0.05) is 23.2 Å². The van der Waals surface area contributed by atoms with Crippen molar-refractivity contribution in [3.05, 3.63) is 23.3 Å². The fourth-order valence-electron chi connectivity index (χ4n) is 1.63. The van der Waals surface area contributed by atoms with Crippen LogP contribution in [0.3, 0.4) is 0 Å². The SMILES string of the molecule is CSCC(C)Nc1cc(C)c(N)c(C(=O)O)c1. The molecule has 0 spiro atoms. The molecule has 1 unspecified atom stereocenters. The van der Waals surface area contributed by atoms with Crippen molar-refractivity contribution in [1.82, 2.24) is 0 Å². The number of nitrogen functional groups attached to an aromatic ring is 1. The standard InChI is InChI=1S/C12H18N2O2S/c1-7-4-9(14-8(2)6-17-3)5-10(11(7)13)12(15)16/h4-5,8,14H,6,13H2,1-3H3,(H,15,16). The number of benzene rings is 1. The summed E-state index contributed by atoms with van der Waals surface area (Å²) >= 11 is 1.74. The summed E-state index contributed by atoms with van der Waals surface area (Å²) in [5.74, 6) is -0.0296. The molecule has 0 saturated carbocycles. The van der Waals surface area contributed by atoms with E-state index in [9.17, 15) is 4.79 Å². The number of carbonyl (C=O) groups is 1. The molecule has 0 aliphatic heterocycles. The molecule has 0 aromatic heterocycles. The van der Waals surface area contributed by atoms with E-state index < -0.39 is 5.97 Å². The Morgan fingerprint density at radius 1 is 1.59 bits per heavy atom. The molecule has 0 saturated heterocycles. The van der Waals surface area contributed by atoms with Crippen LogP contribution in [0.5, 0.6) is 0 Å². The first kappa shape index (κ1) is 13.7. The van der Waals surface area contributed by atoms with Crippen LogP contribution < -0.4 is 11.1 Å². The van der Waals surface area contributed by atoms with Gasteiger partial charge in [0.25, 0.3) is 0 Å². The first-order chi connectivity index (χ1) is 7.95. The largest absolute Gasteiger partial charge is 0.478 e. The predicted octanol–water partition coefficient (Wildman–Crippen LogP) is 2.44. The molecule has 4 nitrogen and oxygen atoms in total. The van der Waals surface area contributed by atoms with Crippen molar-refractivity contribution < 1.29 is 9.90 Å².